The van der Waals surface area contributed by atoms with Gasteiger partial charge in [0.2, 0.25) is 0 Å². The molecular weight excluding hydrogens is 277 g/mol. The molecular formula is C8H4ClF6P. The first-order valence-electron chi connectivity index (χ1n) is 3.81. The molecule has 0 aliphatic carbocycles. The minimum Gasteiger partial charge on any atom is -0.166 e. The van der Waals surface area contributed by atoms with Crippen molar-refractivity contribution in [3.8, 4) is 0 Å². The van der Waals surface area contributed by atoms with Crippen LogP contribution < -0.4 is 5.30 Å². The van der Waals surface area contributed by atoms with Crippen LogP contribution in [0.2, 0.25) is 0 Å². The maximum Gasteiger partial charge on any atom is 0.417 e. The molecule has 1 atom stereocenters. The maximum atomic E-state index is 12.3. The number of halogens is 7. The molecule has 1 aromatic rings. The fourth-order valence-electron chi connectivity index (χ4n) is 1.05. The zero-order valence-electron chi connectivity index (χ0n) is 7.38. The monoisotopic (exact) mass is 280 g/mol. The van der Waals surface area contributed by atoms with E-state index in [1.54, 1.807) is 0 Å². The van der Waals surface area contributed by atoms with Crippen molar-refractivity contribution >= 4 is 24.5 Å². The summed E-state index contributed by atoms with van der Waals surface area (Å²) < 4.78 is 73.6. The molecule has 0 fully saturated rings. The van der Waals surface area contributed by atoms with Crippen molar-refractivity contribution in [1.29, 1.82) is 0 Å². The van der Waals surface area contributed by atoms with E-state index in [1.165, 1.54) is 0 Å². The van der Waals surface area contributed by atoms with E-state index in [2.05, 4.69) is 0 Å². The molecule has 0 saturated heterocycles. The third-order valence-electron chi connectivity index (χ3n) is 1.75. The van der Waals surface area contributed by atoms with Crippen LogP contribution in [0.5, 0.6) is 0 Å². The average Bonchev–Trinajstić information content (AvgIpc) is 2.14. The zero-order valence-corrected chi connectivity index (χ0v) is 9.13. The van der Waals surface area contributed by atoms with Gasteiger partial charge in [-0.05, 0) is 18.2 Å². The van der Waals surface area contributed by atoms with Crippen LogP contribution in [0.15, 0.2) is 18.2 Å². The summed E-state index contributed by atoms with van der Waals surface area (Å²) in [6.45, 7) is 0. The van der Waals surface area contributed by atoms with Gasteiger partial charge in [-0.15, -0.1) is 0 Å². The largest absolute Gasteiger partial charge is 0.417 e. The van der Waals surface area contributed by atoms with Gasteiger partial charge in [-0.25, -0.2) is 0 Å². The lowest BCUT2D eigenvalue weighted by Crippen LogP contribution is -2.18. The highest BCUT2D eigenvalue weighted by Crippen LogP contribution is 2.36. The number of hydrogen-bond acceptors (Lipinski definition) is 0. The van der Waals surface area contributed by atoms with Crippen molar-refractivity contribution in [2.24, 2.45) is 0 Å². The van der Waals surface area contributed by atoms with E-state index in [4.69, 9.17) is 11.2 Å². The Morgan fingerprint density at radius 1 is 0.938 bits per heavy atom. The van der Waals surface area contributed by atoms with E-state index >= 15 is 0 Å². The van der Waals surface area contributed by atoms with Crippen LogP contribution in [0.1, 0.15) is 11.1 Å². The van der Waals surface area contributed by atoms with Crippen LogP contribution in [0.3, 0.4) is 0 Å². The second-order valence-corrected chi connectivity index (χ2v) is 4.14. The van der Waals surface area contributed by atoms with Gasteiger partial charge in [-0.1, -0.05) is 11.2 Å². The van der Waals surface area contributed by atoms with Crippen molar-refractivity contribution < 1.29 is 26.3 Å². The Morgan fingerprint density at radius 3 is 1.88 bits per heavy atom. The summed E-state index contributed by atoms with van der Waals surface area (Å²) in [5, 5.41) is -0.552. The molecule has 1 aromatic carbocycles. The summed E-state index contributed by atoms with van der Waals surface area (Å²) in [7, 11) is -0.870. The van der Waals surface area contributed by atoms with Gasteiger partial charge in [0, 0.05) is 13.2 Å². The van der Waals surface area contributed by atoms with Crippen LogP contribution in [-0.4, -0.2) is 0 Å². The molecule has 0 saturated carbocycles. The molecule has 1 rings (SSSR count). The third kappa shape index (κ3) is 3.01. The van der Waals surface area contributed by atoms with Gasteiger partial charge in [-0.3, -0.25) is 0 Å². The Morgan fingerprint density at radius 2 is 1.50 bits per heavy atom. The summed E-state index contributed by atoms with van der Waals surface area (Å²) in [4.78, 5) is 0. The molecule has 0 nitrogen and oxygen atoms in total. The van der Waals surface area contributed by atoms with Crippen LogP contribution >= 0.6 is 19.2 Å². The van der Waals surface area contributed by atoms with Crippen molar-refractivity contribution in [2.45, 2.75) is 12.4 Å². The van der Waals surface area contributed by atoms with Gasteiger partial charge in [0.05, 0.1) is 11.1 Å². The molecule has 0 bridgehead atoms. The number of hydrogen-bond donors (Lipinski definition) is 0. The molecule has 0 amide bonds. The minimum absolute atomic E-state index is 0.392. The summed E-state index contributed by atoms with van der Waals surface area (Å²) in [6, 6.07) is 1.21. The van der Waals surface area contributed by atoms with E-state index in [-0.39, 0.29) is 0 Å². The standard InChI is InChI=1S/C8H4ClF6P/c9-16-6-3-4(7(10,11)12)1-2-5(6)8(13,14)15/h1-3,16H. The molecule has 1 unspecified atom stereocenters. The van der Waals surface area contributed by atoms with E-state index in [1.807, 2.05) is 0 Å². The van der Waals surface area contributed by atoms with Crippen molar-refractivity contribution in [3.05, 3.63) is 29.3 Å². The Bertz CT molecular complexity index is 383. The van der Waals surface area contributed by atoms with E-state index < -0.39 is 36.7 Å². The van der Waals surface area contributed by atoms with Gasteiger partial charge >= 0.3 is 12.4 Å². The topological polar surface area (TPSA) is 0 Å². The van der Waals surface area contributed by atoms with Crippen LogP contribution in [-0.2, 0) is 12.4 Å². The highest BCUT2D eigenvalue weighted by atomic mass is 35.7. The second kappa shape index (κ2) is 4.41. The molecule has 16 heavy (non-hydrogen) atoms. The molecule has 0 N–H and O–H groups in total. The van der Waals surface area contributed by atoms with E-state index in [0.29, 0.717) is 18.2 Å². The predicted molar refractivity (Wildman–Crippen MR) is 50.2 cm³/mol. The quantitative estimate of drug-likeness (QED) is 0.535. The summed E-state index contributed by atoms with van der Waals surface area (Å²) in [5.41, 5.74) is -2.27. The molecule has 0 spiro atoms. The third-order valence-corrected chi connectivity index (χ3v) is 2.98. The predicted octanol–water partition coefficient (Wildman–Crippen LogP) is 4.18. The summed E-state index contributed by atoms with van der Waals surface area (Å²) in [5.74, 6) is 0. The lowest BCUT2D eigenvalue weighted by Gasteiger charge is -2.13. The van der Waals surface area contributed by atoms with Crippen LogP contribution in [0.25, 0.3) is 0 Å². The maximum absolute atomic E-state index is 12.3. The van der Waals surface area contributed by atoms with Gasteiger partial charge < -0.3 is 0 Å². The van der Waals surface area contributed by atoms with Crippen molar-refractivity contribution in [1.82, 2.24) is 0 Å². The molecule has 0 aliphatic rings. The molecule has 0 radical (unpaired) electrons. The molecule has 0 heterocycles. The summed E-state index contributed by atoms with van der Waals surface area (Å²) >= 11 is 5.22. The van der Waals surface area contributed by atoms with Gasteiger partial charge in [0.1, 0.15) is 0 Å². The Kier molecular flexibility index (Phi) is 3.75. The SMILES string of the molecule is FC(F)(F)c1ccc(C(F)(F)F)c(PCl)c1. The summed E-state index contributed by atoms with van der Waals surface area (Å²) in [6.07, 6.45) is -9.36. The molecule has 0 aromatic heterocycles. The first-order chi connectivity index (χ1) is 7.16. The van der Waals surface area contributed by atoms with Crippen LogP contribution in [0, 0.1) is 0 Å². The Labute approximate surface area is 93.2 Å². The van der Waals surface area contributed by atoms with Gasteiger partial charge in [0.25, 0.3) is 0 Å². The Hall–Kier alpha value is -0.480. The average molecular weight is 281 g/mol. The zero-order chi connectivity index (χ0) is 12.6. The van der Waals surface area contributed by atoms with Crippen molar-refractivity contribution in [2.75, 3.05) is 0 Å². The Balaban J connectivity index is 3.28. The van der Waals surface area contributed by atoms with Crippen molar-refractivity contribution in [3.63, 3.8) is 0 Å². The first-order valence-corrected chi connectivity index (χ1v) is 5.82. The second-order valence-electron chi connectivity index (χ2n) is 2.85. The molecule has 90 valence electrons. The fourth-order valence-corrected chi connectivity index (χ4v) is 2.05. The van der Waals surface area contributed by atoms with Gasteiger partial charge in [0.15, 0.2) is 0 Å². The number of rotatable bonds is 1. The first kappa shape index (κ1) is 13.6. The van der Waals surface area contributed by atoms with Gasteiger partial charge in [-0.2, -0.15) is 26.3 Å². The van der Waals surface area contributed by atoms with Crippen LogP contribution in [0.4, 0.5) is 26.3 Å². The highest BCUT2D eigenvalue weighted by molar-refractivity contribution is 7.75. The van der Waals surface area contributed by atoms with E-state index in [9.17, 15) is 26.3 Å². The van der Waals surface area contributed by atoms with E-state index in [0.717, 1.165) is 0 Å². The lowest BCUT2D eigenvalue weighted by molar-refractivity contribution is -0.140. The highest BCUT2D eigenvalue weighted by Gasteiger charge is 2.36. The number of benzene rings is 1. The number of alkyl halides is 6. The smallest absolute Gasteiger partial charge is 0.166 e. The molecule has 0 aliphatic heterocycles. The lowest BCUT2D eigenvalue weighted by atomic mass is 10.1. The fraction of sp³-hybridized carbons (Fsp3) is 0.250. The minimum atomic E-state index is -4.69. The molecule has 8 heteroatoms. The normalized spacial score (nSPS) is 13.7.